The molecule has 0 aliphatic carbocycles. The molecule has 2 aromatic carbocycles. The van der Waals surface area contributed by atoms with Gasteiger partial charge in [0.2, 0.25) is 10.3 Å². The summed E-state index contributed by atoms with van der Waals surface area (Å²) in [4.78, 5) is 36.5. The fraction of sp³-hybridized carbons (Fsp3) is 0.105. The lowest BCUT2D eigenvalue weighted by molar-refractivity contribution is 0.253. The summed E-state index contributed by atoms with van der Waals surface area (Å²) < 4.78 is 2.25. The van der Waals surface area contributed by atoms with E-state index in [0.29, 0.717) is 22.7 Å². The Hall–Kier alpha value is -4.51. The number of hydrogen-bond donors (Lipinski definition) is 4. The van der Waals surface area contributed by atoms with Crippen LogP contribution in [-0.2, 0) is 0 Å². The molecule has 0 spiro atoms. The van der Waals surface area contributed by atoms with Gasteiger partial charge in [0.05, 0.1) is 22.7 Å². The number of nitrogens with one attached hydrogen (secondary N) is 4. The Morgan fingerprint density at radius 3 is 1.53 bits per heavy atom. The van der Waals surface area contributed by atoms with Crippen LogP contribution in [0.1, 0.15) is 0 Å². The Morgan fingerprint density at radius 1 is 0.694 bits per heavy atom. The van der Waals surface area contributed by atoms with Crippen molar-refractivity contribution in [2.75, 3.05) is 24.7 Å². The van der Waals surface area contributed by atoms with Crippen LogP contribution in [0.25, 0.3) is 11.4 Å². The third-order valence-corrected chi connectivity index (χ3v) is 6.15. The van der Waals surface area contributed by atoms with E-state index in [1.165, 1.54) is 23.5 Å². The van der Waals surface area contributed by atoms with Crippen LogP contribution in [0.5, 0.6) is 0 Å². The Balaban J connectivity index is 1.54. The van der Waals surface area contributed by atoms with Crippen LogP contribution in [0, 0.1) is 0 Å². The van der Waals surface area contributed by atoms with Gasteiger partial charge in [0.1, 0.15) is 0 Å². The molecule has 0 saturated carbocycles. The van der Waals surface area contributed by atoms with Crippen molar-refractivity contribution < 1.29 is 14.4 Å². The maximum Gasteiger partial charge on any atom is 0.319 e. The molecule has 4 rings (SSSR count). The number of urea groups is 2. The van der Waals surface area contributed by atoms with Gasteiger partial charge in [-0.2, -0.15) is 9.36 Å². The summed E-state index contributed by atoms with van der Waals surface area (Å²) in [6.07, 6.45) is 0. The molecule has 0 atom stereocenters. The number of benzene rings is 2. The predicted molar refractivity (Wildman–Crippen MR) is 132 cm³/mol. The molecule has 184 valence electrons. The molecule has 4 amide bonds. The number of amides is 4. The average Bonchev–Trinajstić information content (AvgIpc) is 3.54. The molecule has 0 radical (unpaired) electrons. The molecule has 0 aliphatic heterocycles. The molecular formula is C19H18N12O3S2. The minimum Gasteiger partial charge on any atom is -0.341 e. The van der Waals surface area contributed by atoms with E-state index in [9.17, 15) is 14.4 Å². The van der Waals surface area contributed by atoms with Crippen LogP contribution in [0.4, 0.5) is 25.8 Å². The highest BCUT2D eigenvalue weighted by Gasteiger charge is 2.21. The molecule has 2 heterocycles. The maximum absolute atomic E-state index is 12.9. The highest BCUT2D eigenvalue weighted by molar-refractivity contribution is 8.38. The van der Waals surface area contributed by atoms with Crippen LogP contribution in [0.15, 0.2) is 58.8 Å². The number of carbonyl (C=O) groups is 3. The number of carbonyl (C=O) groups excluding carboxylic acids is 3. The molecule has 4 aromatic rings. The highest BCUT2D eigenvalue weighted by atomic mass is 32.2. The van der Waals surface area contributed by atoms with E-state index >= 15 is 0 Å². The summed E-state index contributed by atoms with van der Waals surface area (Å²) in [6.45, 7) is 0. The van der Waals surface area contributed by atoms with Crippen molar-refractivity contribution in [2.24, 2.45) is 0 Å². The molecule has 0 aliphatic rings. The van der Waals surface area contributed by atoms with Crippen molar-refractivity contribution in [2.45, 2.75) is 10.3 Å². The minimum absolute atomic E-state index is 0.166. The Morgan fingerprint density at radius 2 is 1.11 bits per heavy atom. The first kappa shape index (κ1) is 24.6. The number of hydrogen-bond acceptors (Lipinski definition) is 11. The lowest BCUT2D eigenvalue weighted by Crippen LogP contribution is -2.25. The first-order valence-electron chi connectivity index (χ1n) is 10.1. The summed E-state index contributed by atoms with van der Waals surface area (Å²) in [6, 6.07) is 12.9. The molecular weight excluding hydrogens is 508 g/mol. The predicted octanol–water partition coefficient (Wildman–Crippen LogP) is 2.14. The van der Waals surface area contributed by atoms with Crippen molar-refractivity contribution >= 4 is 51.4 Å². The Kier molecular flexibility index (Phi) is 7.71. The van der Waals surface area contributed by atoms with Crippen LogP contribution in [-0.4, -0.2) is 71.0 Å². The van der Waals surface area contributed by atoms with E-state index in [0.717, 1.165) is 23.5 Å². The van der Waals surface area contributed by atoms with Crippen molar-refractivity contribution in [3.05, 3.63) is 48.5 Å². The first-order valence-corrected chi connectivity index (χ1v) is 11.8. The van der Waals surface area contributed by atoms with Crippen LogP contribution in [0.2, 0.25) is 0 Å². The molecule has 4 N–H and O–H groups in total. The standard InChI is InChI=1S/C19H18N12O3S2/c1-20-15(32)22-11-7-3-5-9-13(11)30-17(24-26-28-30)35-19(34)36-18-25-27-29-31(18)14-10-6-4-8-12(14)23-16(33)21-2/h3-10H,1-2H3,(H2,20,22,32)(H2,21,23,33). The third-order valence-electron chi connectivity index (χ3n) is 4.45. The van der Waals surface area contributed by atoms with Gasteiger partial charge in [0, 0.05) is 37.6 Å². The fourth-order valence-electron chi connectivity index (χ4n) is 2.86. The summed E-state index contributed by atoms with van der Waals surface area (Å²) in [5.41, 5.74) is 1.81. The van der Waals surface area contributed by atoms with Gasteiger partial charge in [-0.3, -0.25) is 4.79 Å². The number of nitrogens with zero attached hydrogens (tertiary/aromatic N) is 8. The van der Waals surface area contributed by atoms with Crippen molar-refractivity contribution in [1.82, 2.24) is 51.0 Å². The van der Waals surface area contributed by atoms with Gasteiger partial charge < -0.3 is 21.3 Å². The molecule has 0 bridgehead atoms. The van der Waals surface area contributed by atoms with E-state index in [2.05, 4.69) is 52.3 Å². The molecule has 15 nitrogen and oxygen atoms in total. The second kappa shape index (κ2) is 11.3. The van der Waals surface area contributed by atoms with E-state index < -0.39 is 16.5 Å². The van der Waals surface area contributed by atoms with E-state index in [1.807, 2.05) is 0 Å². The van der Waals surface area contributed by atoms with Crippen molar-refractivity contribution in [3.8, 4) is 11.4 Å². The van der Waals surface area contributed by atoms with Crippen LogP contribution < -0.4 is 21.3 Å². The zero-order valence-corrected chi connectivity index (χ0v) is 20.4. The van der Waals surface area contributed by atoms with Gasteiger partial charge in [0.15, 0.2) is 0 Å². The molecule has 0 saturated heterocycles. The molecule has 0 unspecified atom stereocenters. The highest BCUT2D eigenvalue weighted by Crippen LogP contribution is 2.32. The van der Waals surface area contributed by atoms with Gasteiger partial charge in [-0.1, -0.05) is 24.3 Å². The van der Waals surface area contributed by atoms with Gasteiger partial charge in [-0.05, 0) is 45.1 Å². The third kappa shape index (κ3) is 5.58. The number of thioether (sulfide) groups is 2. The summed E-state index contributed by atoms with van der Waals surface area (Å²) in [7, 11) is 2.99. The largest absolute Gasteiger partial charge is 0.341 e. The Bertz CT molecular complexity index is 1300. The van der Waals surface area contributed by atoms with Crippen LogP contribution >= 0.6 is 23.5 Å². The summed E-state index contributed by atoms with van der Waals surface area (Å²) >= 11 is 1.52. The van der Waals surface area contributed by atoms with Crippen LogP contribution in [0.3, 0.4) is 0 Å². The lowest BCUT2D eigenvalue weighted by atomic mass is 10.2. The molecule has 0 fully saturated rings. The van der Waals surface area contributed by atoms with Gasteiger partial charge in [-0.25, -0.2) is 9.59 Å². The number of rotatable bonds is 6. The smallest absolute Gasteiger partial charge is 0.319 e. The second-order valence-corrected chi connectivity index (χ2v) is 8.78. The van der Waals surface area contributed by atoms with Crippen molar-refractivity contribution in [3.63, 3.8) is 0 Å². The van der Waals surface area contributed by atoms with E-state index in [4.69, 9.17) is 0 Å². The zero-order chi connectivity index (χ0) is 25.5. The summed E-state index contributed by atoms with van der Waals surface area (Å²) in [5, 5.41) is 33.7. The number of anilines is 2. The van der Waals surface area contributed by atoms with Crippen molar-refractivity contribution in [1.29, 1.82) is 0 Å². The molecule has 2 aromatic heterocycles. The van der Waals surface area contributed by atoms with Gasteiger partial charge in [-0.15, -0.1) is 10.2 Å². The number of tetrazole rings is 2. The topological polar surface area (TPSA) is 187 Å². The number of aromatic nitrogens is 8. The normalized spacial score (nSPS) is 10.5. The van der Waals surface area contributed by atoms with E-state index in [1.54, 1.807) is 48.5 Å². The maximum atomic E-state index is 12.9. The van der Waals surface area contributed by atoms with Gasteiger partial charge in [0.25, 0.3) is 4.45 Å². The average molecular weight is 527 g/mol. The zero-order valence-electron chi connectivity index (χ0n) is 18.7. The van der Waals surface area contributed by atoms with E-state index in [-0.39, 0.29) is 10.3 Å². The SMILES string of the molecule is CNC(=O)Nc1ccccc1-n1nnnc1SC(=O)Sc1nnnn1-c1ccccc1NC(=O)NC. The first-order chi connectivity index (χ1) is 17.5. The van der Waals surface area contributed by atoms with Gasteiger partial charge >= 0.3 is 12.1 Å². The second-order valence-electron chi connectivity index (χ2n) is 6.64. The number of para-hydroxylation sites is 4. The summed E-state index contributed by atoms with van der Waals surface area (Å²) in [5.74, 6) is 0. The fourth-order valence-corrected chi connectivity index (χ4v) is 4.36. The Labute approximate surface area is 211 Å². The molecule has 36 heavy (non-hydrogen) atoms. The minimum atomic E-state index is -0.422. The lowest BCUT2D eigenvalue weighted by Gasteiger charge is -2.11. The molecule has 17 heteroatoms. The quantitative estimate of drug-likeness (QED) is 0.270. The monoisotopic (exact) mass is 526 g/mol.